The van der Waals surface area contributed by atoms with Gasteiger partial charge in [0.15, 0.2) is 0 Å². The van der Waals surface area contributed by atoms with Crippen LogP contribution in [0.2, 0.25) is 0 Å². The number of carbonyl (C=O) groups excluding carboxylic acids is 1. The minimum atomic E-state index is 0.131. The van der Waals surface area contributed by atoms with Crippen molar-refractivity contribution < 1.29 is 4.79 Å². The third-order valence-electron chi connectivity index (χ3n) is 2.73. The van der Waals surface area contributed by atoms with Crippen LogP contribution < -0.4 is 10.6 Å². The molecule has 1 atom stereocenters. The first-order chi connectivity index (χ1) is 6.77. The Balaban J connectivity index is 2.08. The maximum absolute atomic E-state index is 11.3. The smallest absolute Gasteiger partial charge is 0.233 e. The number of rotatable bonds is 7. The summed E-state index contributed by atoms with van der Waals surface area (Å²) < 4.78 is 0. The van der Waals surface area contributed by atoms with Gasteiger partial charge in [0.25, 0.3) is 0 Å². The van der Waals surface area contributed by atoms with Crippen molar-refractivity contribution in [3.63, 3.8) is 0 Å². The van der Waals surface area contributed by atoms with Crippen LogP contribution in [0.3, 0.4) is 0 Å². The predicted octanol–water partition coefficient (Wildman–Crippen LogP) is 1.29. The van der Waals surface area contributed by atoms with Crippen molar-refractivity contribution in [2.24, 2.45) is 5.92 Å². The molecular weight excluding hydrogens is 176 g/mol. The van der Waals surface area contributed by atoms with E-state index in [1.165, 1.54) is 12.8 Å². The van der Waals surface area contributed by atoms with E-state index in [2.05, 4.69) is 24.5 Å². The molecule has 1 aliphatic rings. The molecule has 0 heterocycles. The fourth-order valence-electron chi connectivity index (χ4n) is 1.69. The summed E-state index contributed by atoms with van der Waals surface area (Å²) in [6, 6.07) is 0.558. The molecule has 3 nitrogen and oxygen atoms in total. The first-order valence-corrected chi connectivity index (χ1v) is 5.78. The molecule has 0 bridgehead atoms. The van der Waals surface area contributed by atoms with E-state index in [-0.39, 0.29) is 5.91 Å². The second-order valence-corrected chi connectivity index (χ2v) is 4.08. The van der Waals surface area contributed by atoms with Crippen LogP contribution >= 0.6 is 0 Å². The maximum Gasteiger partial charge on any atom is 0.233 e. The van der Waals surface area contributed by atoms with Gasteiger partial charge in [-0.05, 0) is 31.6 Å². The van der Waals surface area contributed by atoms with Gasteiger partial charge >= 0.3 is 0 Å². The number of hydrogen-bond donors (Lipinski definition) is 2. The van der Waals surface area contributed by atoms with E-state index in [9.17, 15) is 4.79 Å². The highest BCUT2D eigenvalue weighted by atomic mass is 16.1. The molecule has 1 aliphatic carbocycles. The summed E-state index contributed by atoms with van der Waals surface area (Å²) in [6.07, 6.45) is 4.81. The SMILES string of the molecule is CCCNC(=O)CNC(CC)C1CC1. The molecule has 1 fully saturated rings. The normalized spacial score (nSPS) is 17.9. The Morgan fingerprint density at radius 3 is 2.64 bits per heavy atom. The van der Waals surface area contributed by atoms with Crippen molar-refractivity contribution in [1.29, 1.82) is 0 Å². The Bertz CT molecular complexity index is 178. The topological polar surface area (TPSA) is 41.1 Å². The molecular formula is C11H22N2O. The Kier molecular flexibility index (Phi) is 4.94. The average Bonchev–Trinajstić information content (AvgIpc) is 2.99. The van der Waals surface area contributed by atoms with Gasteiger partial charge in [0.05, 0.1) is 6.54 Å². The molecule has 0 aliphatic heterocycles. The highest BCUT2D eigenvalue weighted by Crippen LogP contribution is 2.33. The van der Waals surface area contributed by atoms with Gasteiger partial charge in [-0.25, -0.2) is 0 Å². The highest BCUT2D eigenvalue weighted by Gasteiger charge is 2.29. The van der Waals surface area contributed by atoms with E-state index in [1.54, 1.807) is 0 Å². The molecule has 1 rings (SSSR count). The lowest BCUT2D eigenvalue weighted by atomic mass is 10.1. The molecule has 0 aromatic carbocycles. The lowest BCUT2D eigenvalue weighted by Crippen LogP contribution is -2.40. The van der Waals surface area contributed by atoms with E-state index < -0.39 is 0 Å². The van der Waals surface area contributed by atoms with E-state index in [0.717, 1.165) is 25.3 Å². The minimum absolute atomic E-state index is 0.131. The molecule has 0 spiro atoms. The molecule has 2 N–H and O–H groups in total. The summed E-state index contributed by atoms with van der Waals surface area (Å²) in [6.45, 7) is 5.52. The van der Waals surface area contributed by atoms with Crippen LogP contribution in [0.25, 0.3) is 0 Å². The quantitative estimate of drug-likeness (QED) is 0.647. The van der Waals surface area contributed by atoms with Crippen LogP contribution in [0.5, 0.6) is 0 Å². The van der Waals surface area contributed by atoms with Crippen molar-refractivity contribution in [2.75, 3.05) is 13.1 Å². The highest BCUT2D eigenvalue weighted by molar-refractivity contribution is 5.77. The standard InChI is InChI=1S/C11H22N2O/c1-3-7-12-11(14)8-13-10(4-2)9-5-6-9/h9-10,13H,3-8H2,1-2H3,(H,12,14). The van der Waals surface area contributed by atoms with E-state index in [4.69, 9.17) is 0 Å². The molecule has 3 heteroatoms. The summed E-state index contributed by atoms with van der Waals surface area (Å²) in [5.41, 5.74) is 0. The van der Waals surface area contributed by atoms with E-state index >= 15 is 0 Å². The van der Waals surface area contributed by atoms with Crippen LogP contribution in [-0.2, 0) is 4.79 Å². The lowest BCUT2D eigenvalue weighted by Gasteiger charge is -2.15. The van der Waals surface area contributed by atoms with Crippen LogP contribution in [0.4, 0.5) is 0 Å². The average molecular weight is 198 g/mol. The lowest BCUT2D eigenvalue weighted by molar-refractivity contribution is -0.120. The monoisotopic (exact) mass is 198 g/mol. The number of hydrogen-bond acceptors (Lipinski definition) is 2. The summed E-state index contributed by atoms with van der Waals surface area (Å²) in [4.78, 5) is 11.3. The van der Waals surface area contributed by atoms with E-state index in [0.29, 0.717) is 12.6 Å². The second kappa shape index (κ2) is 6.02. The molecule has 14 heavy (non-hydrogen) atoms. The zero-order valence-electron chi connectivity index (χ0n) is 9.31. The zero-order chi connectivity index (χ0) is 10.4. The number of nitrogens with one attached hydrogen (secondary N) is 2. The fraction of sp³-hybridized carbons (Fsp3) is 0.909. The molecule has 1 unspecified atom stereocenters. The van der Waals surface area contributed by atoms with Crippen molar-refractivity contribution in [1.82, 2.24) is 10.6 Å². The van der Waals surface area contributed by atoms with Crippen molar-refractivity contribution in [2.45, 2.75) is 45.6 Å². The first kappa shape index (κ1) is 11.5. The van der Waals surface area contributed by atoms with Gasteiger partial charge in [-0.2, -0.15) is 0 Å². The van der Waals surface area contributed by atoms with Crippen LogP contribution in [0, 0.1) is 5.92 Å². The largest absolute Gasteiger partial charge is 0.355 e. The Hall–Kier alpha value is -0.570. The zero-order valence-corrected chi connectivity index (χ0v) is 9.31. The van der Waals surface area contributed by atoms with Gasteiger partial charge in [-0.15, -0.1) is 0 Å². The Labute approximate surface area is 86.6 Å². The van der Waals surface area contributed by atoms with Crippen molar-refractivity contribution >= 4 is 5.91 Å². The molecule has 1 amide bonds. The van der Waals surface area contributed by atoms with Crippen molar-refractivity contribution in [3.8, 4) is 0 Å². The number of carbonyl (C=O) groups is 1. The Morgan fingerprint density at radius 1 is 1.43 bits per heavy atom. The van der Waals surface area contributed by atoms with Gasteiger partial charge in [0, 0.05) is 12.6 Å². The Morgan fingerprint density at radius 2 is 2.14 bits per heavy atom. The molecule has 82 valence electrons. The van der Waals surface area contributed by atoms with Crippen LogP contribution in [0.1, 0.15) is 39.5 Å². The fourth-order valence-corrected chi connectivity index (χ4v) is 1.69. The summed E-state index contributed by atoms with van der Waals surface area (Å²) >= 11 is 0. The van der Waals surface area contributed by atoms with Crippen LogP contribution in [-0.4, -0.2) is 25.0 Å². The third-order valence-corrected chi connectivity index (χ3v) is 2.73. The van der Waals surface area contributed by atoms with E-state index in [1.807, 2.05) is 0 Å². The molecule has 1 saturated carbocycles. The molecule has 0 radical (unpaired) electrons. The minimum Gasteiger partial charge on any atom is -0.355 e. The van der Waals surface area contributed by atoms with Gasteiger partial charge in [0.1, 0.15) is 0 Å². The van der Waals surface area contributed by atoms with Gasteiger partial charge in [0.2, 0.25) is 5.91 Å². The number of amides is 1. The third kappa shape index (κ3) is 4.09. The van der Waals surface area contributed by atoms with Gasteiger partial charge < -0.3 is 10.6 Å². The second-order valence-electron chi connectivity index (χ2n) is 4.08. The molecule has 0 saturated heterocycles. The maximum atomic E-state index is 11.3. The summed E-state index contributed by atoms with van der Waals surface area (Å²) in [7, 11) is 0. The summed E-state index contributed by atoms with van der Waals surface area (Å²) in [5.74, 6) is 0.963. The first-order valence-electron chi connectivity index (χ1n) is 5.78. The molecule has 0 aromatic rings. The van der Waals surface area contributed by atoms with Gasteiger partial charge in [-0.3, -0.25) is 4.79 Å². The van der Waals surface area contributed by atoms with Gasteiger partial charge in [-0.1, -0.05) is 13.8 Å². The van der Waals surface area contributed by atoms with Crippen LogP contribution in [0.15, 0.2) is 0 Å². The predicted molar refractivity (Wildman–Crippen MR) is 58.1 cm³/mol. The summed E-state index contributed by atoms with van der Waals surface area (Å²) in [5, 5.41) is 6.20. The van der Waals surface area contributed by atoms with Crippen molar-refractivity contribution in [3.05, 3.63) is 0 Å². The molecule has 0 aromatic heterocycles.